The van der Waals surface area contributed by atoms with Gasteiger partial charge in [0.2, 0.25) is 11.8 Å². The molecule has 2 atom stereocenters. The lowest BCUT2D eigenvalue weighted by Gasteiger charge is -2.30. The van der Waals surface area contributed by atoms with E-state index in [1.807, 2.05) is 18.2 Å². The number of nitrogens with zero attached hydrogens (tertiary/aromatic N) is 1. The summed E-state index contributed by atoms with van der Waals surface area (Å²) in [6, 6.07) is 5.26. The van der Waals surface area contributed by atoms with Gasteiger partial charge >= 0.3 is 0 Å². The van der Waals surface area contributed by atoms with Crippen molar-refractivity contribution in [1.82, 2.24) is 20.9 Å². The SMILES string of the molecule is O=C1CCC(N2Cc3cccc(CNCC4CNC5(CC5)CO4)c3C2=O)C(=O)N1. The molecule has 3 fully saturated rings. The zero-order valence-electron chi connectivity index (χ0n) is 16.3. The number of carbonyl (C=O) groups excluding carboxylic acids is 3. The van der Waals surface area contributed by atoms with E-state index >= 15 is 0 Å². The van der Waals surface area contributed by atoms with Gasteiger partial charge in [0, 0.05) is 43.7 Å². The molecule has 0 aromatic heterocycles. The molecule has 4 aliphatic rings. The van der Waals surface area contributed by atoms with Crippen molar-refractivity contribution in [2.45, 2.75) is 56.5 Å². The number of imide groups is 1. The Morgan fingerprint density at radius 2 is 2.10 bits per heavy atom. The Bertz CT molecular complexity index is 856. The molecule has 154 valence electrons. The predicted molar refractivity (Wildman–Crippen MR) is 104 cm³/mol. The minimum atomic E-state index is -0.579. The van der Waals surface area contributed by atoms with Crippen molar-refractivity contribution in [2.24, 2.45) is 0 Å². The molecule has 1 spiro atoms. The Labute approximate surface area is 169 Å². The monoisotopic (exact) mass is 398 g/mol. The maximum atomic E-state index is 13.1. The zero-order valence-corrected chi connectivity index (χ0v) is 16.3. The average Bonchev–Trinajstić information content (AvgIpc) is 3.38. The maximum Gasteiger partial charge on any atom is 0.255 e. The van der Waals surface area contributed by atoms with E-state index in [1.54, 1.807) is 4.90 Å². The number of amides is 3. The number of rotatable bonds is 5. The number of piperidine rings is 1. The second-order valence-electron chi connectivity index (χ2n) is 8.58. The standard InChI is InChI=1S/C21H26N4O4/c26-17-5-4-16(19(27)24-17)25-11-14-3-1-2-13(18(14)20(25)28)8-22-9-15-10-23-21(6-7-21)12-29-15/h1-3,15-16,22-23H,4-12H2,(H,24,26,27). The fourth-order valence-electron chi connectivity index (χ4n) is 4.53. The largest absolute Gasteiger partial charge is 0.374 e. The lowest BCUT2D eigenvalue weighted by Crippen LogP contribution is -2.52. The average molecular weight is 398 g/mol. The minimum Gasteiger partial charge on any atom is -0.374 e. The van der Waals surface area contributed by atoms with Gasteiger partial charge in [-0.25, -0.2) is 0 Å². The van der Waals surface area contributed by atoms with Gasteiger partial charge in [-0.05, 0) is 30.4 Å². The number of morpholine rings is 1. The first-order chi connectivity index (χ1) is 14.0. The number of carbonyl (C=O) groups is 3. The first kappa shape index (κ1) is 18.7. The van der Waals surface area contributed by atoms with Crippen molar-refractivity contribution in [3.8, 4) is 0 Å². The van der Waals surface area contributed by atoms with Gasteiger partial charge in [-0.2, -0.15) is 0 Å². The molecule has 3 N–H and O–H groups in total. The number of hydrogen-bond acceptors (Lipinski definition) is 6. The van der Waals surface area contributed by atoms with Gasteiger partial charge in [0.25, 0.3) is 5.91 Å². The Hall–Kier alpha value is -2.29. The number of hydrogen-bond donors (Lipinski definition) is 3. The molecule has 0 bridgehead atoms. The molecule has 3 aliphatic heterocycles. The van der Waals surface area contributed by atoms with E-state index in [1.165, 1.54) is 12.8 Å². The van der Waals surface area contributed by atoms with Gasteiger partial charge in [0.1, 0.15) is 6.04 Å². The lowest BCUT2D eigenvalue weighted by atomic mass is 10.0. The molecule has 0 radical (unpaired) electrons. The topological polar surface area (TPSA) is 99.8 Å². The Balaban J connectivity index is 1.21. The summed E-state index contributed by atoms with van der Waals surface area (Å²) in [4.78, 5) is 38.3. The van der Waals surface area contributed by atoms with Crippen molar-refractivity contribution < 1.29 is 19.1 Å². The van der Waals surface area contributed by atoms with Gasteiger partial charge in [-0.15, -0.1) is 0 Å². The molecule has 3 heterocycles. The van der Waals surface area contributed by atoms with E-state index in [0.717, 1.165) is 30.8 Å². The molecule has 2 unspecified atom stereocenters. The first-order valence-electron chi connectivity index (χ1n) is 10.4. The van der Waals surface area contributed by atoms with Crippen molar-refractivity contribution >= 4 is 17.7 Å². The molecule has 1 aliphatic carbocycles. The predicted octanol–water partition coefficient (Wildman–Crippen LogP) is 0.0582. The summed E-state index contributed by atoms with van der Waals surface area (Å²) < 4.78 is 5.95. The van der Waals surface area contributed by atoms with Crippen molar-refractivity contribution in [3.05, 3.63) is 34.9 Å². The number of ether oxygens (including phenoxy) is 1. The van der Waals surface area contributed by atoms with Crippen molar-refractivity contribution in [2.75, 3.05) is 19.7 Å². The van der Waals surface area contributed by atoms with Crippen molar-refractivity contribution in [3.63, 3.8) is 0 Å². The van der Waals surface area contributed by atoms with Gasteiger partial charge < -0.3 is 20.3 Å². The summed E-state index contributed by atoms with van der Waals surface area (Å²) >= 11 is 0. The highest BCUT2D eigenvalue weighted by molar-refractivity contribution is 6.05. The summed E-state index contributed by atoms with van der Waals surface area (Å²) in [7, 11) is 0. The molecule has 5 rings (SSSR count). The number of fused-ring (bicyclic) bond motifs is 1. The van der Waals surface area contributed by atoms with Crippen LogP contribution in [0.5, 0.6) is 0 Å². The highest BCUT2D eigenvalue weighted by Gasteiger charge is 2.45. The van der Waals surface area contributed by atoms with Gasteiger partial charge in [-0.1, -0.05) is 18.2 Å². The molecular weight excluding hydrogens is 372 g/mol. The molecule has 8 heteroatoms. The van der Waals surface area contributed by atoms with Crippen LogP contribution in [0.4, 0.5) is 0 Å². The third kappa shape index (κ3) is 3.56. The second-order valence-corrected chi connectivity index (χ2v) is 8.58. The second kappa shape index (κ2) is 7.19. The molecule has 8 nitrogen and oxygen atoms in total. The van der Waals surface area contributed by atoms with E-state index in [-0.39, 0.29) is 35.8 Å². The maximum absolute atomic E-state index is 13.1. The molecular formula is C21H26N4O4. The Kier molecular flexibility index (Phi) is 4.64. The molecule has 1 aromatic rings. The molecule has 2 saturated heterocycles. The molecule has 1 saturated carbocycles. The molecule has 3 amide bonds. The number of nitrogens with one attached hydrogen (secondary N) is 3. The normalized spacial score (nSPS) is 27.9. The van der Waals surface area contributed by atoms with E-state index in [4.69, 9.17) is 4.74 Å². The third-order valence-electron chi connectivity index (χ3n) is 6.48. The first-order valence-corrected chi connectivity index (χ1v) is 10.4. The summed E-state index contributed by atoms with van der Waals surface area (Å²) in [5.41, 5.74) is 2.81. The van der Waals surface area contributed by atoms with Crippen LogP contribution in [0.2, 0.25) is 0 Å². The highest BCUT2D eigenvalue weighted by Crippen LogP contribution is 2.37. The summed E-state index contributed by atoms with van der Waals surface area (Å²) in [6.07, 6.45) is 3.19. The van der Waals surface area contributed by atoms with Crippen LogP contribution in [0.15, 0.2) is 18.2 Å². The lowest BCUT2D eigenvalue weighted by molar-refractivity contribution is -0.136. The Morgan fingerprint density at radius 3 is 2.83 bits per heavy atom. The summed E-state index contributed by atoms with van der Waals surface area (Å²) in [6.45, 7) is 3.33. The van der Waals surface area contributed by atoms with Gasteiger partial charge in [-0.3, -0.25) is 19.7 Å². The van der Waals surface area contributed by atoms with Crippen LogP contribution in [-0.4, -0.2) is 60.0 Å². The summed E-state index contributed by atoms with van der Waals surface area (Å²) in [5, 5.41) is 9.34. The van der Waals surface area contributed by atoms with Crippen LogP contribution >= 0.6 is 0 Å². The van der Waals surface area contributed by atoms with E-state index in [0.29, 0.717) is 25.1 Å². The minimum absolute atomic E-state index is 0.127. The number of benzene rings is 1. The van der Waals surface area contributed by atoms with Crippen LogP contribution < -0.4 is 16.0 Å². The van der Waals surface area contributed by atoms with Crippen LogP contribution in [0.25, 0.3) is 0 Å². The third-order valence-corrected chi connectivity index (χ3v) is 6.48. The fourth-order valence-corrected chi connectivity index (χ4v) is 4.53. The van der Waals surface area contributed by atoms with Crippen LogP contribution in [0.1, 0.15) is 47.2 Å². The van der Waals surface area contributed by atoms with Crippen LogP contribution in [0.3, 0.4) is 0 Å². The smallest absolute Gasteiger partial charge is 0.255 e. The van der Waals surface area contributed by atoms with E-state index < -0.39 is 6.04 Å². The zero-order chi connectivity index (χ0) is 20.0. The quantitative estimate of drug-likeness (QED) is 0.607. The van der Waals surface area contributed by atoms with Crippen LogP contribution in [-0.2, 0) is 27.4 Å². The molecule has 29 heavy (non-hydrogen) atoms. The molecule has 1 aromatic carbocycles. The van der Waals surface area contributed by atoms with E-state index in [9.17, 15) is 14.4 Å². The summed E-state index contributed by atoms with van der Waals surface area (Å²) in [5.74, 6) is -0.775. The van der Waals surface area contributed by atoms with Gasteiger partial charge in [0.15, 0.2) is 0 Å². The van der Waals surface area contributed by atoms with E-state index in [2.05, 4.69) is 16.0 Å². The van der Waals surface area contributed by atoms with Crippen molar-refractivity contribution in [1.29, 1.82) is 0 Å². The fraction of sp³-hybridized carbons (Fsp3) is 0.571. The Morgan fingerprint density at radius 1 is 1.24 bits per heavy atom. The highest BCUT2D eigenvalue weighted by atomic mass is 16.5. The van der Waals surface area contributed by atoms with Gasteiger partial charge in [0.05, 0.1) is 12.7 Å². The van der Waals surface area contributed by atoms with Crippen LogP contribution in [0, 0.1) is 0 Å².